The van der Waals surface area contributed by atoms with Gasteiger partial charge in [-0.25, -0.2) is 0 Å². The van der Waals surface area contributed by atoms with Crippen LogP contribution in [0.15, 0.2) is 12.7 Å². The monoisotopic (exact) mass is 279 g/mol. The van der Waals surface area contributed by atoms with E-state index in [1.807, 2.05) is 0 Å². The number of hydrogen-bond acceptors (Lipinski definition) is 3. The first-order valence-corrected chi connectivity index (χ1v) is 10.6. The molecule has 1 aliphatic carbocycles. The highest BCUT2D eigenvalue weighted by Crippen LogP contribution is 2.56. The highest BCUT2D eigenvalue weighted by atomic mass is 28.3. The second-order valence-electron chi connectivity index (χ2n) is 6.97. The predicted octanol–water partition coefficient (Wildman–Crippen LogP) is 1.65. The number of hydrogen-bond donors (Lipinski definition) is 0. The van der Waals surface area contributed by atoms with Gasteiger partial charge in [-0.1, -0.05) is 25.7 Å². The van der Waals surface area contributed by atoms with Crippen LogP contribution in [0.4, 0.5) is 0 Å². The highest BCUT2D eigenvalue weighted by molar-refractivity contribution is 6.78. The van der Waals surface area contributed by atoms with Crippen molar-refractivity contribution in [2.75, 3.05) is 6.54 Å². The van der Waals surface area contributed by atoms with Gasteiger partial charge in [-0.15, -0.1) is 6.58 Å². The Bertz CT molecular complexity index is 456. The lowest BCUT2D eigenvalue weighted by molar-refractivity contribution is -0.139. The molecule has 2 saturated heterocycles. The standard InChI is InChI=1S/C14H21NO3Si/c1-5-6-15-13(16)8-7-9-11(18-9)12(19(2,3)4)10(8)14(15)17/h5,8-12H,1,6-7H2,2-4H3. The predicted molar refractivity (Wildman–Crippen MR) is 74.3 cm³/mol. The molecule has 0 spiro atoms. The maximum Gasteiger partial charge on any atom is 0.233 e. The topological polar surface area (TPSA) is 49.9 Å². The summed E-state index contributed by atoms with van der Waals surface area (Å²) in [7, 11) is -1.54. The van der Waals surface area contributed by atoms with Crippen LogP contribution in [-0.4, -0.2) is 43.5 Å². The molecule has 0 aromatic carbocycles. The first-order chi connectivity index (χ1) is 8.86. The molecule has 5 heteroatoms. The van der Waals surface area contributed by atoms with Crippen molar-refractivity contribution in [3.8, 4) is 0 Å². The fourth-order valence-corrected chi connectivity index (χ4v) is 6.65. The molecule has 0 N–H and O–H groups in total. The average Bonchev–Trinajstić information content (AvgIpc) is 3.04. The van der Waals surface area contributed by atoms with Crippen molar-refractivity contribution < 1.29 is 14.3 Å². The third-order valence-electron chi connectivity index (χ3n) is 4.73. The zero-order valence-electron chi connectivity index (χ0n) is 11.8. The largest absolute Gasteiger partial charge is 0.370 e. The van der Waals surface area contributed by atoms with Gasteiger partial charge in [-0.05, 0) is 12.0 Å². The van der Waals surface area contributed by atoms with Crippen molar-refractivity contribution in [3.05, 3.63) is 12.7 Å². The SMILES string of the molecule is C=CCN1C(=O)C2CC3OC3C([Si](C)(C)C)C2C1=O. The Morgan fingerprint density at radius 2 is 2.05 bits per heavy atom. The van der Waals surface area contributed by atoms with E-state index >= 15 is 0 Å². The van der Waals surface area contributed by atoms with Crippen molar-refractivity contribution in [3.63, 3.8) is 0 Å². The summed E-state index contributed by atoms with van der Waals surface area (Å²) in [4.78, 5) is 26.4. The molecule has 3 fully saturated rings. The number of ether oxygens (including phenoxy) is 1. The Morgan fingerprint density at radius 3 is 2.63 bits per heavy atom. The van der Waals surface area contributed by atoms with E-state index in [0.29, 0.717) is 6.54 Å². The Balaban J connectivity index is 1.95. The molecule has 2 amide bonds. The van der Waals surface area contributed by atoms with Crippen molar-refractivity contribution in [1.29, 1.82) is 0 Å². The molecule has 2 aliphatic heterocycles. The minimum absolute atomic E-state index is 0.00731. The van der Waals surface area contributed by atoms with Gasteiger partial charge in [0.25, 0.3) is 0 Å². The van der Waals surface area contributed by atoms with Crippen LogP contribution in [0, 0.1) is 11.8 Å². The van der Waals surface area contributed by atoms with Crippen LogP contribution < -0.4 is 0 Å². The highest BCUT2D eigenvalue weighted by Gasteiger charge is 2.65. The van der Waals surface area contributed by atoms with Crippen molar-refractivity contribution >= 4 is 19.9 Å². The number of carbonyl (C=O) groups excluding carboxylic acids is 2. The van der Waals surface area contributed by atoms with Crippen LogP contribution in [0.3, 0.4) is 0 Å². The summed E-state index contributed by atoms with van der Waals surface area (Å²) in [5.74, 6) is -0.279. The van der Waals surface area contributed by atoms with Gasteiger partial charge in [0.15, 0.2) is 0 Å². The molecule has 3 rings (SSSR count). The van der Waals surface area contributed by atoms with Gasteiger partial charge in [0.1, 0.15) is 0 Å². The second-order valence-corrected chi connectivity index (χ2v) is 12.4. The normalized spacial score (nSPS) is 41.0. The molecule has 1 saturated carbocycles. The summed E-state index contributed by atoms with van der Waals surface area (Å²) in [6, 6.07) is 0. The van der Waals surface area contributed by atoms with Crippen molar-refractivity contribution in [2.24, 2.45) is 11.8 Å². The van der Waals surface area contributed by atoms with Gasteiger partial charge < -0.3 is 4.74 Å². The summed E-state index contributed by atoms with van der Waals surface area (Å²) < 4.78 is 5.74. The van der Waals surface area contributed by atoms with E-state index in [1.165, 1.54) is 4.90 Å². The molecule has 19 heavy (non-hydrogen) atoms. The molecule has 5 atom stereocenters. The molecule has 2 heterocycles. The fraction of sp³-hybridized carbons (Fsp3) is 0.714. The minimum Gasteiger partial charge on any atom is -0.370 e. The van der Waals surface area contributed by atoms with Crippen molar-refractivity contribution in [2.45, 2.75) is 43.8 Å². The maximum atomic E-state index is 12.6. The minimum atomic E-state index is -1.54. The van der Waals surface area contributed by atoms with E-state index in [-0.39, 0.29) is 41.4 Å². The Hall–Kier alpha value is -0.943. The van der Waals surface area contributed by atoms with Crippen LogP contribution in [-0.2, 0) is 14.3 Å². The molecule has 0 radical (unpaired) electrons. The third kappa shape index (κ3) is 1.82. The average molecular weight is 279 g/mol. The number of imide groups is 1. The molecule has 5 unspecified atom stereocenters. The lowest BCUT2D eigenvalue weighted by Gasteiger charge is -2.36. The molecule has 3 aliphatic rings. The Kier molecular flexibility index (Phi) is 2.77. The zero-order valence-corrected chi connectivity index (χ0v) is 12.8. The van der Waals surface area contributed by atoms with E-state index in [2.05, 4.69) is 26.2 Å². The number of likely N-dealkylation sites (tertiary alicyclic amines) is 1. The van der Waals surface area contributed by atoms with Crippen LogP contribution in [0.1, 0.15) is 6.42 Å². The van der Waals surface area contributed by atoms with Gasteiger partial charge in [0, 0.05) is 6.54 Å². The van der Waals surface area contributed by atoms with Gasteiger partial charge in [-0.3, -0.25) is 14.5 Å². The maximum absolute atomic E-state index is 12.6. The van der Waals surface area contributed by atoms with E-state index < -0.39 is 8.07 Å². The van der Waals surface area contributed by atoms with E-state index in [4.69, 9.17) is 4.74 Å². The number of nitrogens with zero attached hydrogens (tertiary/aromatic N) is 1. The summed E-state index contributed by atoms with van der Waals surface area (Å²) in [5, 5.41) is 0. The van der Waals surface area contributed by atoms with E-state index in [9.17, 15) is 9.59 Å². The quantitative estimate of drug-likeness (QED) is 0.342. The van der Waals surface area contributed by atoms with Crippen LogP contribution in [0.2, 0.25) is 25.2 Å². The first kappa shape index (κ1) is 13.1. The molecular formula is C14H21NO3Si. The van der Waals surface area contributed by atoms with Crippen molar-refractivity contribution in [1.82, 2.24) is 4.90 Å². The van der Waals surface area contributed by atoms with E-state index in [1.54, 1.807) is 6.08 Å². The Morgan fingerprint density at radius 1 is 1.37 bits per heavy atom. The van der Waals surface area contributed by atoms with Gasteiger partial charge in [0.2, 0.25) is 11.8 Å². The fourth-order valence-electron chi connectivity index (χ4n) is 3.92. The molecule has 0 aromatic heterocycles. The molecule has 0 aromatic rings. The van der Waals surface area contributed by atoms with Gasteiger partial charge in [-0.2, -0.15) is 0 Å². The lowest BCUT2D eigenvalue weighted by Crippen LogP contribution is -2.44. The van der Waals surface area contributed by atoms with Crippen LogP contribution in [0.5, 0.6) is 0 Å². The molecule has 0 bridgehead atoms. The number of fused-ring (bicyclic) bond motifs is 2. The van der Waals surface area contributed by atoms with Gasteiger partial charge >= 0.3 is 0 Å². The third-order valence-corrected chi connectivity index (χ3v) is 7.42. The number of epoxide rings is 1. The Labute approximate surface area is 114 Å². The summed E-state index contributed by atoms with van der Waals surface area (Å²) in [5.41, 5.74) is 0.280. The summed E-state index contributed by atoms with van der Waals surface area (Å²) >= 11 is 0. The zero-order chi connectivity index (χ0) is 13.9. The van der Waals surface area contributed by atoms with E-state index in [0.717, 1.165) is 6.42 Å². The molecule has 4 nitrogen and oxygen atoms in total. The lowest BCUT2D eigenvalue weighted by atomic mass is 9.80. The van der Waals surface area contributed by atoms with Gasteiger partial charge in [0.05, 0.1) is 32.1 Å². The summed E-state index contributed by atoms with van der Waals surface area (Å²) in [6.07, 6.45) is 2.81. The van der Waals surface area contributed by atoms with Crippen LogP contribution >= 0.6 is 0 Å². The summed E-state index contributed by atoms with van der Waals surface area (Å²) in [6.45, 7) is 10.8. The number of rotatable bonds is 3. The second kappa shape index (κ2) is 4.02. The molecule has 104 valence electrons. The number of carbonyl (C=O) groups is 2. The molecular weight excluding hydrogens is 258 g/mol. The van der Waals surface area contributed by atoms with Crippen LogP contribution in [0.25, 0.3) is 0 Å². The smallest absolute Gasteiger partial charge is 0.233 e. The first-order valence-electron chi connectivity index (χ1n) is 6.98. The number of amides is 2.